The molecule has 0 aliphatic heterocycles. The third-order valence-corrected chi connectivity index (χ3v) is 3.56. The zero-order valence-electron chi connectivity index (χ0n) is 10.4. The van der Waals surface area contributed by atoms with Crippen molar-refractivity contribution in [3.63, 3.8) is 0 Å². The highest BCUT2D eigenvalue weighted by atomic mass is 32.2. The summed E-state index contributed by atoms with van der Waals surface area (Å²) in [6.45, 7) is 0. The van der Waals surface area contributed by atoms with E-state index in [1.165, 1.54) is 19.2 Å². The van der Waals surface area contributed by atoms with E-state index in [0.29, 0.717) is 5.75 Å². The van der Waals surface area contributed by atoms with E-state index in [9.17, 15) is 9.18 Å². The van der Waals surface area contributed by atoms with E-state index < -0.39 is 11.8 Å². The molecule has 0 bridgehead atoms. The summed E-state index contributed by atoms with van der Waals surface area (Å²) in [6.07, 6.45) is 1.63. The van der Waals surface area contributed by atoms with Crippen molar-refractivity contribution in [2.75, 3.05) is 7.11 Å². The third kappa shape index (κ3) is 3.61. The van der Waals surface area contributed by atoms with Crippen molar-refractivity contribution in [3.8, 4) is 0 Å². The third-order valence-electron chi connectivity index (χ3n) is 2.53. The predicted molar refractivity (Wildman–Crippen MR) is 71.4 cm³/mol. The van der Waals surface area contributed by atoms with Crippen LogP contribution in [0.3, 0.4) is 0 Å². The molecule has 0 saturated heterocycles. The number of carbonyl (C=O) groups is 1. The Labute approximate surface area is 114 Å². The molecular weight excluding hydrogens is 267 g/mol. The van der Waals surface area contributed by atoms with Gasteiger partial charge in [0.05, 0.1) is 24.7 Å². The summed E-state index contributed by atoms with van der Waals surface area (Å²) < 4.78 is 23.4. The van der Waals surface area contributed by atoms with Gasteiger partial charge in [-0.25, -0.2) is 9.18 Å². The quantitative estimate of drug-likeness (QED) is 0.784. The predicted octanol–water partition coefficient (Wildman–Crippen LogP) is 3.64. The van der Waals surface area contributed by atoms with E-state index >= 15 is 0 Å². The number of hydrogen-bond acceptors (Lipinski definition) is 4. The first kappa shape index (κ1) is 13.7. The molecule has 3 nitrogen and oxygen atoms in total. The van der Waals surface area contributed by atoms with Crippen molar-refractivity contribution in [1.82, 2.24) is 0 Å². The van der Waals surface area contributed by atoms with Gasteiger partial charge in [-0.05, 0) is 29.8 Å². The number of benzene rings is 1. The molecule has 1 aromatic carbocycles. The van der Waals surface area contributed by atoms with Crippen LogP contribution in [0.25, 0.3) is 0 Å². The molecule has 0 unspecified atom stereocenters. The number of carbonyl (C=O) groups excluding carboxylic acids is 1. The minimum atomic E-state index is -0.660. The normalized spacial score (nSPS) is 10.4. The topological polar surface area (TPSA) is 39.4 Å². The molecule has 0 atom stereocenters. The van der Waals surface area contributed by atoms with Crippen LogP contribution in [0, 0.1) is 5.82 Å². The number of methoxy groups -OCH3 is 1. The van der Waals surface area contributed by atoms with Crippen LogP contribution in [0.1, 0.15) is 21.7 Å². The standard InChI is InChI=1S/C14H13FO3S/c1-17-14(16)12-5-4-10(7-13(12)15)8-19-9-11-3-2-6-18-11/h2-7H,8-9H2,1H3. The van der Waals surface area contributed by atoms with Crippen LogP contribution in [0.15, 0.2) is 41.0 Å². The first-order valence-corrected chi connectivity index (χ1v) is 6.83. The van der Waals surface area contributed by atoms with Gasteiger partial charge >= 0.3 is 5.97 Å². The molecule has 0 aliphatic rings. The maximum atomic E-state index is 13.7. The first-order valence-electron chi connectivity index (χ1n) is 5.67. The molecule has 0 fully saturated rings. The molecule has 100 valence electrons. The molecule has 0 saturated carbocycles. The highest BCUT2D eigenvalue weighted by Crippen LogP contribution is 2.20. The number of esters is 1. The minimum Gasteiger partial charge on any atom is -0.468 e. The second-order valence-corrected chi connectivity index (χ2v) is 4.86. The zero-order chi connectivity index (χ0) is 13.7. The summed E-state index contributed by atoms with van der Waals surface area (Å²) in [6, 6.07) is 8.27. The van der Waals surface area contributed by atoms with E-state index in [2.05, 4.69) is 4.74 Å². The number of ether oxygens (including phenoxy) is 1. The van der Waals surface area contributed by atoms with Crippen LogP contribution in [-0.2, 0) is 16.2 Å². The molecule has 0 aliphatic carbocycles. The van der Waals surface area contributed by atoms with Crippen molar-refractivity contribution in [1.29, 1.82) is 0 Å². The van der Waals surface area contributed by atoms with Crippen LogP contribution in [0.2, 0.25) is 0 Å². The van der Waals surface area contributed by atoms with Gasteiger partial charge in [0, 0.05) is 5.75 Å². The summed E-state index contributed by atoms with van der Waals surface area (Å²) in [5, 5.41) is 0. The Morgan fingerprint density at radius 1 is 1.37 bits per heavy atom. The Balaban J connectivity index is 1.94. The van der Waals surface area contributed by atoms with Gasteiger partial charge in [-0.1, -0.05) is 6.07 Å². The van der Waals surface area contributed by atoms with Crippen molar-refractivity contribution in [3.05, 3.63) is 59.3 Å². The number of thioether (sulfide) groups is 1. The first-order chi connectivity index (χ1) is 9.20. The maximum Gasteiger partial charge on any atom is 0.340 e. The molecule has 1 heterocycles. The Morgan fingerprint density at radius 3 is 2.84 bits per heavy atom. The van der Waals surface area contributed by atoms with E-state index in [4.69, 9.17) is 4.42 Å². The fourth-order valence-electron chi connectivity index (χ4n) is 1.59. The van der Waals surface area contributed by atoms with Gasteiger partial charge in [0.25, 0.3) is 0 Å². The van der Waals surface area contributed by atoms with Crippen LogP contribution >= 0.6 is 11.8 Å². The molecule has 5 heteroatoms. The fraction of sp³-hybridized carbons (Fsp3) is 0.214. The second kappa shape index (κ2) is 6.43. The van der Waals surface area contributed by atoms with Gasteiger partial charge in [0.2, 0.25) is 0 Å². The molecule has 0 amide bonds. The fourth-order valence-corrected chi connectivity index (χ4v) is 2.47. The highest BCUT2D eigenvalue weighted by molar-refractivity contribution is 7.97. The summed E-state index contributed by atoms with van der Waals surface area (Å²) in [5.41, 5.74) is 0.781. The molecule has 0 radical (unpaired) electrons. The summed E-state index contributed by atoms with van der Waals surface area (Å²) in [5.74, 6) is 1.05. The summed E-state index contributed by atoms with van der Waals surface area (Å²) >= 11 is 1.62. The lowest BCUT2D eigenvalue weighted by Gasteiger charge is -2.04. The van der Waals surface area contributed by atoms with Gasteiger partial charge in [-0.2, -0.15) is 0 Å². The summed E-state index contributed by atoms with van der Waals surface area (Å²) in [7, 11) is 1.23. The average Bonchev–Trinajstić information content (AvgIpc) is 2.91. The molecule has 2 aromatic rings. The van der Waals surface area contributed by atoms with E-state index in [1.54, 1.807) is 24.1 Å². The number of rotatable bonds is 5. The SMILES string of the molecule is COC(=O)c1ccc(CSCc2ccco2)cc1F. The van der Waals surface area contributed by atoms with Crippen molar-refractivity contribution in [2.24, 2.45) is 0 Å². The molecule has 19 heavy (non-hydrogen) atoms. The van der Waals surface area contributed by atoms with Crippen LogP contribution in [0.4, 0.5) is 4.39 Å². The lowest BCUT2D eigenvalue weighted by atomic mass is 10.1. The second-order valence-electron chi connectivity index (χ2n) is 3.88. The Bertz CT molecular complexity index is 552. The number of hydrogen-bond donors (Lipinski definition) is 0. The minimum absolute atomic E-state index is 0.0396. The summed E-state index contributed by atoms with van der Waals surface area (Å²) in [4.78, 5) is 11.2. The Morgan fingerprint density at radius 2 is 2.21 bits per heavy atom. The molecule has 2 rings (SSSR count). The number of furan rings is 1. The van der Waals surface area contributed by atoms with Gasteiger partial charge in [-0.15, -0.1) is 11.8 Å². The zero-order valence-corrected chi connectivity index (χ0v) is 11.2. The van der Waals surface area contributed by atoms with Gasteiger partial charge in [0.1, 0.15) is 11.6 Å². The van der Waals surface area contributed by atoms with E-state index in [-0.39, 0.29) is 5.56 Å². The van der Waals surface area contributed by atoms with Crippen molar-refractivity contribution >= 4 is 17.7 Å². The molecule has 0 N–H and O–H groups in total. The van der Waals surface area contributed by atoms with Gasteiger partial charge in [0.15, 0.2) is 0 Å². The lowest BCUT2D eigenvalue weighted by molar-refractivity contribution is 0.0595. The van der Waals surface area contributed by atoms with Crippen LogP contribution < -0.4 is 0 Å². The van der Waals surface area contributed by atoms with Crippen LogP contribution in [-0.4, -0.2) is 13.1 Å². The maximum absolute atomic E-state index is 13.7. The Hall–Kier alpha value is -1.75. The van der Waals surface area contributed by atoms with E-state index in [1.807, 2.05) is 12.1 Å². The highest BCUT2D eigenvalue weighted by Gasteiger charge is 2.12. The van der Waals surface area contributed by atoms with Crippen molar-refractivity contribution < 1.29 is 18.3 Å². The lowest BCUT2D eigenvalue weighted by Crippen LogP contribution is -2.04. The van der Waals surface area contributed by atoms with E-state index in [0.717, 1.165) is 17.1 Å². The van der Waals surface area contributed by atoms with Gasteiger partial charge < -0.3 is 9.15 Å². The average molecular weight is 280 g/mol. The Kier molecular flexibility index (Phi) is 4.63. The largest absolute Gasteiger partial charge is 0.468 e. The molecule has 0 spiro atoms. The van der Waals surface area contributed by atoms with Crippen LogP contribution in [0.5, 0.6) is 0 Å². The number of halogens is 1. The smallest absolute Gasteiger partial charge is 0.340 e. The van der Waals surface area contributed by atoms with Gasteiger partial charge in [-0.3, -0.25) is 0 Å². The molecular formula is C14H13FO3S. The monoisotopic (exact) mass is 280 g/mol. The molecule has 1 aromatic heterocycles. The van der Waals surface area contributed by atoms with Crippen molar-refractivity contribution in [2.45, 2.75) is 11.5 Å².